The van der Waals surface area contributed by atoms with E-state index in [2.05, 4.69) is 18.3 Å². The van der Waals surface area contributed by atoms with E-state index in [1.807, 2.05) is 18.2 Å². The van der Waals surface area contributed by atoms with Gasteiger partial charge < -0.3 is 19.5 Å². The van der Waals surface area contributed by atoms with Gasteiger partial charge in [0.25, 0.3) is 0 Å². The van der Waals surface area contributed by atoms with E-state index >= 15 is 0 Å². The zero-order valence-corrected chi connectivity index (χ0v) is 19.4. The summed E-state index contributed by atoms with van der Waals surface area (Å²) in [6.07, 6.45) is 6.21. The van der Waals surface area contributed by atoms with Gasteiger partial charge in [0.2, 0.25) is 6.79 Å². The Morgan fingerprint density at radius 1 is 1.12 bits per heavy atom. The van der Waals surface area contributed by atoms with Crippen molar-refractivity contribution in [1.29, 1.82) is 0 Å². The van der Waals surface area contributed by atoms with Gasteiger partial charge in [0.1, 0.15) is 16.5 Å². The first kappa shape index (κ1) is 22.3. The summed E-state index contributed by atoms with van der Waals surface area (Å²) in [6, 6.07) is 8.19. The van der Waals surface area contributed by atoms with Crippen LogP contribution in [0.3, 0.4) is 0 Å². The molecule has 1 aliphatic rings. The molecule has 4 rings (SSSR count). The number of methoxy groups -OCH3 is 1. The Kier molecular flexibility index (Phi) is 7.42. The highest BCUT2D eigenvalue weighted by molar-refractivity contribution is 7.18. The molecule has 3 aromatic rings. The van der Waals surface area contributed by atoms with Gasteiger partial charge in [-0.2, -0.15) is 0 Å². The summed E-state index contributed by atoms with van der Waals surface area (Å²) in [5, 5.41) is 4.59. The molecule has 170 valence electrons. The molecule has 0 aliphatic carbocycles. The Morgan fingerprint density at radius 3 is 2.81 bits per heavy atom. The minimum absolute atomic E-state index is 0.138. The van der Waals surface area contributed by atoms with Crippen molar-refractivity contribution in [2.75, 3.05) is 19.2 Å². The molecule has 32 heavy (non-hydrogen) atoms. The van der Waals surface area contributed by atoms with E-state index in [4.69, 9.17) is 24.2 Å². The van der Waals surface area contributed by atoms with E-state index in [0.717, 1.165) is 77.4 Å². The third-order valence-electron chi connectivity index (χ3n) is 5.49. The predicted octanol–water partition coefficient (Wildman–Crippen LogP) is 5.26. The number of ether oxygens (including phenoxy) is 3. The Morgan fingerprint density at radius 2 is 1.97 bits per heavy atom. The topological polar surface area (TPSA) is 82.6 Å². The normalized spacial score (nSPS) is 12.3. The molecule has 0 radical (unpaired) electrons. The van der Waals surface area contributed by atoms with Crippen LogP contribution in [0.5, 0.6) is 11.5 Å². The van der Waals surface area contributed by atoms with Gasteiger partial charge >= 0.3 is 5.97 Å². The van der Waals surface area contributed by atoms with Gasteiger partial charge in [-0.3, -0.25) is 4.79 Å². The lowest BCUT2D eigenvalue weighted by Crippen LogP contribution is -2.05. The van der Waals surface area contributed by atoms with Crippen molar-refractivity contribution >= 4 is 33.3 Å². The zero-order valence-electron chi connectivity index (χ0n) is 18.6. The number of thiophene rings is 1. The molecule has 7 nitrogen and oxygen atoms in total. The van der Waals surface area contributed by atoms with Gasteiger partial charge in [0.15, 0.2) is 11.5 Å². The summed E-state index contributed by atoms with van der Waals surface area (Å²) in [7, 11) is 1.43. The molecule has 2 aromatic heterocycles. The van der Waals surface area contributed by atoms with Crippen molar-refractivity contribution < 1.29 is 19.0 Å². The fourth-order valence-corrected chi connectivity index (χ4v) is 4.67. The highest BCUT2D eigenvalue weighted by Crippen LogP contribution is 2.33. The van der Waals surface area contributed by atoms with Gasteiger partial charge in [0.05, 0.1) is 12.5 Å². The molecule has 3 heterocycles. The summed E-state index contributed by atoms with van der Waals surface area (Å²) < 4.78 is 15.6. The molecule has 1 aliphatic heterocycles. The molecular weight excluding hydrogens is 426 g/mol. The number of anilines is 1. The number of benzene rings is 1. The maximum Gasteiger partial charge on any atom is 0.305 e. The largest absolute Gasteiger partial charge is 0.469 e. The van der Waals surface area contributed by atoms with Crippen molar-refractivity contribution in [2.24, 2.45) is 0 Å². The number of fused-ring (bicyclic) bond motifs is 2. The van der Waals surface area contributed by atoms with Crippen molar-refractivity contribution in [1.82, 2.24) is 9.97 Å². The number of hydrogen-bond donors (Lipinski definition) is 1. The van der Waals surface area contributed by atoms with Crippen molar-refractivity contribution in [3.05, 3.63) is 40.5 Å². The molecule has 0 saturated carbocycles. The number of carbonyl (C=O) groups excluding carboxylic acids is 1. The maximum atomic E-state index is 11.2. The van der Waals surface area contributed by atoms with E-state index in [1.165, 1.54) is 12.0 Å². The lowest BCUT2D eigenvalue weighted by molar-refractivity contribution is -0.140. The molecule has 0 fully saturated rings. The Labute approximate surface area is 192 Å². The van der Waals surface area contributed by atoms with E-state index in [0.29, 0.717) is 13.0 Å². The van der Waals surface area contributed by atoms with Gasteiger partial charge in [-0.1, -0.05) is 25.8 Å². The number of nitrogens with zero attached hydrogens (tertiary/aromatic N) is 2. The average Bonchev–Trinajstić information content (AvgIpc) is 3.45. The second-order valence-electron chi connectivity index (χ2n) is 7.81. The minimum atomic E-state index is -0.138. The van der Waals surface area contributed by atoms with Crippen LogP contribution in [0.15, 0.2) is 24.3 Å². The summed E-state index contributed by atoms with van der Waals surface area (Å²) in [6.45, 7) is 3.08. The van der Waals surface area contributed by atoms with Crippen LogP contribution in [-0.2, 0) is 28.9 Å². The van der Waals surface area contributed by atoms with E-state index in [9.17, 15) is 4.79 Å². The molecule has 1 aromatic carbocycles. The number of aromatic nitrogens is 2. The molecule has 0 spiro atoms. The van der Waals surface area contributed by atoms with Crippen molar-refractivity contribution in [3.8, 4) is 11.5 Å². The minimum Gasteiger partial charge on any atom is -0.469 e. The van der Waals surface area contributed by atoms with Gasteiger partial charge in [0, 0.05) is 24.3 Å². The van der Waals surface area contributed by atoms with Crippen molar-refractivity contribution in [2.45, 2.75) is 58.4 Å². The van der Waals surface area contributed by atoms with Gasteiger partial charge in [-0.15, -0.1) is 11.3 Å². The molecule has 0 bridgehead atoms. The molecular formula is C24H29N3O4S. The SMILES string of the molecule is CCc1cc2c(NCc3ccc4c(c3)OCO4)nc(CCCCCCC(=O)OC)nc2s1. The van der Waals surface area contributed by atoms with E-state index in [1.54, 1.807) is 11.3 Å². The quantitative estimate of drug-likeness (QED) is 0.312. The Hall–Kier alpha value is -2.87. The second-order valence-corrected chi connectivity index (χ2v) is 8.92. The smallest absolute Gasteiger partial charge is 0.305 e. The van der Waals surface area contributed by atoms with Crippen LogP contribution in [0.25, 0.3) is 10.2 Å². The van der Waals surface area contributed by atoms with Gasteiger partial charge in [-0.25, -0.2) is 9.97 Å². The fraction of sp³-hybridized carbons (Fsp3) is 0.458. The standard InChI is InChI=1S/C24H29N3O4S/c1-3-17-13-18-23(25-14-16-10-11-19-20(12-16)31-15-30-19)26-21(27-24(18)32-17)8-6-4-5-7-9-22(28)29-2/h10-13H,3-9,14-15H2,1-2H3,(H,25,26,27). The summed E-state index contributed by atoms with van der Waals surface area (Å²) in [4.78, 5) is 23.2. The number of hydrogen-bond acceptors (Lipinski definition) is 8. The highest BCUT2D eigenvalue weighted by atomic mass is 32.1. The number of rotatable bonds is 11. The average molecular weight is 456 g/mol. The number of unbranched alkanes of at least 4 members (excludes halogenated alkanes) is 3. The number of aryl methyl sites for hydroxylation is 2. The lowest BCUT2D eigenvalue weighted by Gasteiger charge is -2.10. The summed E-state index contributed by atoms with van der Waals surface area (Å²) >= 11 is 1.74. The second kappa shape index (κ2) is 10.6. The Bertz CT molecular complexity index is 1080. The van der Waals surface area contributed by atoms with E-state index < -0.39 is 0 Å². The monoisotopic (exact) mass is 455 g/mol. The molecule has 0 atom stereocenters. The third-order valence-corrected chi connectivity index (χ3v) is 6.67. The first-order valence-electron chi connectivity index (χ1n) is 11.1. The molecule has 8 heteroatoms. The summed E-state index contributed by atoms with van der Waals surface area (Å²) in [5.74, 6) is 3.18. The Balaban J connectivity index is 1.41. The first-order valence-corrected chi connectivity index (χ1v) is 12.0. The maximum absolute atomic E-state index is 11.2. The predicted molar refractivity (Wildman–Crippen MR) is 125 cm³/mol. The fourth-order valence-electron chi connectivity index (χ4n) is 3.68. The first-order chi connectivity index (χ1) is 15.7. The lowest BCUT2D eigenvalue weighted by atomic mass is 10.1. The number of carbonyl (C=O) groups is 1. The van der Waals surface area contributed by atoms with Crippen LogP contribution in [0.1, 0.15) is 55.3 Å². The zero-order chi connectivity index (χ0) is 22.3. The number of esters is 1. The molecule has 0 saturated heterocycles. The third kappa shape index (κ3) is 5.48. The van der Waals surface area contributed by atoms with Crippen LogP contribution in [0.4, 0.5) is 5.82 Å². The van der Waals surface area contributed by atoms with Crippen LogP contribution < -0.4 is 14.8 Å². The van der Waals surface area contributed by atoms with Gasteiger partial charge in [-0.05, 0) is 43.0 Å². The van der Waals surface area contributed by atoms with Crippen LogP contribution in [-0.4, -0.2) is 29.8 Å². The molecule has 0 unspecified atom stereocenters. The molecule has 1 N–H and O–H groups in total. The highest BCUT2D eigenvalue weighted by Gasteiger charge is 2.15. The van der Waals surface area contributed by atoms with Crippen LogP contribution in [0.2, 0.25) is 0 Å². The van der Waals surface area contributed by atoms with Crippen LogP contribution in [0, 0.1) is 0 Å². The van der Waals surface area contributed by atoms with Crippen molar-refractivity contribution in [3.63, 3.8) is 0 Å². The molecule has 0 amide bonds. The van der Waals surface area contributed by atoms with Crippen LogP contribution >= 0.6 is 11.3 Å². The summed E-state index contributed by atoms with van der Waals surface area (Å²) in [5.41, 5.74) is 1.11. The number of nitrogens with one attached hydrogen (secondary N) is 1. The van der Waals surface area contributed by atoms with E-state index in [-0.39, 0.29) is 12.8 Å².